The number of hydrogen-bond acceptors (Lipinski definition) is 7. The molecule has 1 aliphatic rings. The van der Waals surface area contributed by atoms with E-state index in [0.717, 1.165) is 4.88 Å². The zero-order chi connectivity index (χ0) is 20.5. The Morgan fingerprint density at radius 2 is 1.89 bits per heavy atom. The fourth-order valence-electron chi connectivity index (χ4n) is 3.06. The van der Waals surface area contributed by atoms with Gasteiger partial charge in [0.05, 0.1) is 11.4 Å². The third kappa shape index (κ3) is 4.10. The average molecular weight is 427 g/mol. The van der Waals surface area contributed by atoms with E-state index in [1.807, 2.05) is 6.07 Å². The summed E-state index contributed by atoms with van der Waals surface area (Å²) < 4.78 is 32.1. The molecular formula is C17H22N4O5S2. The molecule has 3 heterocycles. The van der Waals surface area contributed by atoms with Crippen LogP contribution in [0.1, 0.15) is 32.9 Å². The summed E-state index contributed by atoms with van der Waals surface area (Å²) in [5.41, 5.74) is 0.335. The fraction of sp³-hybridized carbons (Fsp3) is 0.471. The van der Waals surface area contributed by atoms with Crippen molar-refractivity contribution in [3.8, 4) is 0 Å². The maximum atomic E-state index is 12.9. The minimum absolute atomic E-state index is 0.105. The number of nitrogens with one attached hydrogen (secondary N) is 1. The fourth-order valence-corrected chi connectivity index (χ4v) is 5.69. The number of rotatable bonds is 5. The molecule has 0 aromatic carbocycles. The summed E-state index contributed by atoms with van der Waals surface area (Å²) in [6.07, 6.45) is 0. The molecule has 11 heteroatoms. The summed E-state index contributed by atoms with van der Waals surface area (Å²) >= 11 is 1.33. The van der Waals surface area contributed by atoms with E-state index in [0.29, 0.717) is 30.2 Å². The van der Waals surface area contributed by atoms with Crippen molar-refractivity contribution >= 4 is 33.2 Å². The molecule has 152 valence electrons. The Kier molecular flexibility index (Phi) is 5.87. The highest BCUT2D eigenvalue weighted by atomic mass is 32.2. The van der Waals surface area contributed by atoms with E-state index in [2.05, 4.69) is 10.5 Å². The van der Waals surface area contributed by atoms with Crippen molar-refractivity contribution in [2.75, 3.05) is 26.2 Å². The Balaban J connectivity index is 1.64. The van der Waals surface area contributed by atoms with Gasteiger partial charge in [-0.05, 0) is 26.0 Å². The molecule has 2 aromatic rings. The zero-order valence-corrected chi connectivity index (χ0v) is 17.5. The van der Waals surface area contributed by atoms with Crippen LogP contribution in [0, 0.1) is 13.8 Å². The molecule has 1 N–H and O–H groups in total. The number of aryl methyl sites for hydroxylation is 2. The first-order valence-corrected chi connectivity index (χ1v) is 11.0. The van der Waals surface area contributed by atoms with Crippen LogP contribution < -0.4 is 5.32 Å². The van der Waals surface area contributed by atoms with Crippen molar-refractivity contribution in [3.63, 3.8) is 0 Å². The van der Waals surface area contributed by atoms with Gasteiger partial charge in [0.1, 0.15) is 10.6 Å². The SMILES string of the molecule is CC(=O)NCc1ccc(C(=O)N2CCN(S(=O)(=O)c3c(C)noc3C)CC2)s1. The highest BCUT2D eigenvalue weighted by molar-refractivity contribution is 7.89. The van der Waals surface area contributed by atoms with E-state index < -0.39 is 10.0 Å². The van der Waals surface area contributed by atoms with Gasteiger partial charge < -0.3 is 14.7 Å². The van der Waals surface area contributed by atoms with Crippen molar-refractivity contribution in [1.82, 2.24) is 19.7 Å². The number of nitrogens with zero attached hydrogens (tertiary/aromatic N) is 3. The summed E-state index contributed by atoms with van der Waals surface area (Å²) in [5, 5.41) is 6.42. The van der Waals surface area contributed by atoms with Crippen molar-refractivity contribution in [2.24, 2.45) is 0 Å². The standard InChI is InChI=1S/C17H22N4O5S2/c1-11-16(12(2)26-19-11)28(24,25)21-8-6-20(7-9-21)17(23)15-5-4-14(27-15)10-18-13(3)22/h4-5H,6-10H2,1-3H3,(H,18,22). The van der Waals surface area contributed by atoms with Gasteiger partial charge in [0.15, 0.2) is 5.76 Å². The summed E-state index contributed by atoms with van der Waals surface area (Å²) in [5.74, 6) is 0.00616. The molecule has 0 bridgehead atoms. The zero-order valence-electron chi connectivity index (χ0n) is 15.9. The third-order valence-corrected chi connectivity index (χ3v) is 7.69. The van der Waals surface area contributed by atoms with Crippen LogP contribution in [0.25, 0.3) is 0 Å². The van der Waals surface area contributed by atoms with Crippen molar-refractivity contribution < 1.29 is 22.5 Å². The minimum atomic E-state index is -3.70. The Morgan fingerprint density at radius 1 is 1.21 bits per heavy atom. The van der Waals surface area contributed by atoms with Crippen LogP contribution in [0.15, 0.2) is 21.6 Å². The predicted octanol–water partition coefficient (Wildman–Crippen LogP) is 1.14. The molecule has 0 spiro atoms. The summed E-state index contributed by atoms with van der Waals surface area (Å²) in [6.45, 7) is 6.03. The van der Waals surface area contributed by atoms with Crippen LogP contribution in [-0.2, 0) is 21.4 Å². The number of sulfonamides is 1. The Hall–Kier alpha value is -2.24. The predicted molar refractivity (Wildman–Crippen MR) is 102 cm³/mol. The van der Waals surface area contributed by atoms with Gasteiger partial charge in [-0.2, -0.15) is 4.31 Å². The van der Waals surface area contributed by atoms with Crippen molar-refractivity contribution in [1.29, 1.82) is 0 Å². The molecule has 1 saturated heterocycles. The molecule has 0 atom stereocenters. The largest absolute Gasteiger partial charge is 0.360 e. The van der Waals surface area contributed by atoms with Crippen molar-refractivity contribution in [3.05, 3.63) is 33.3 Å². The first-order chi connectivity index (χ1) is 13.2. The first kappa shape index (κ1) is 20.5. The van der Waals surface area contributed by atoms with Gasteiger partial charge in [-0.3, -0.25) is 9.59 Å². The quantitative estimate of drug-likeness (QED) is 0.767. The molecule has 2 aromatic heterocycles. The molecule has 0 aliphatic carbocycles. The van der Waals surface area contributed by atoms with E-state index >= 15 is 0 Å². The molecule has 2 amide bonds. The Bertz CT molecular complexity index is 968. The van der Waals surface area contributed by atoms with Gasteiger partial charge in [-0.25, -0.2) is 8.42 Å². The van der Waals surface area contributed by atoms with Gasteiger partial charge >= 0.3 is 0 Å². The van der Waals surface area contributed by atoms with Crippen LogP contribution in [0.2, 0.25) is 0 Å². The second kappa shape index (κ2) is 8.02. The van der Waals surface area contributed by atoms with Gasteiger partial charge in [0.2, 0.25) is 15.9 Å². The Labute approximate surface area is 167 Å². The number of carbonyl (C=O) groups excluding carboxylic acids is 2. The second-order valence-corrected chi connectivity index (χ2v) is 9.57. The molecule has 1 aliphatic heterocycles. The molecule has 3 rings (SSSR count). The maximum Gasteiger partial charge on any atom is 0.264 e. The van der Waals surface area contributed by atoms with Gasteiger partial charge in [-0.15, -0.1) is 11.3 Å². The average Bonchev–Trinajstić information content (AvgIpc) is 3.26. The molecule has 9 nitrogen and oxygen atoms in total. The monoisotopic (exact) mass is 426 g/mol. The topological polar surface area (TPSA) is 113 Å². The van der Waals surface area contributed by atoms with Crippen molar-refractivity contribution in [2.45, 2.75) is 32.2 Å². The normalized spacial score (nSPS) is 15.6. The van der Waals surface area contributed by atoms with Gasteiger partial charge in [0, 0.05) is 38.0 Å². The molecule has 0 unspecified atom stereocenters. The smallest absolute Gasteiger partial charge is 0.264 e. The number of aromatic nitrogens is 1. The summed E-state index contributed by atoms with van der Waals surface area (Å²) in [6, 6.07) is 3.54. The lowest BCUT2D eigenvalue weighted by molar-refractivity contribution is -0.119. The highest BCUT2D eigenvalue weighted by Crippen LogP contribution is 2.25. The molecule has 0 saturated carbocycles. The van der Waals surface area contributed by atoms with Crippen LogP contribution >= 0.6 is 11.3 Å². The van der Waals surface area contributed by atoms with Gasteiger partial charge in [0.25, 0.3) is 5.91 Å². The second-order valence-electron chi connectivity index (χ2n) is 6.53. The number of carbonyl (C=O) groups is 2. The van der Waals surface area contributed by atoms with E-state index in [1.165, 1.54) is 22.6 Å². The van der Waals surface area contributed by atoms with E-state index in [4.69, 9.17) is 4.52 Å². The lowest BCUT2D eigenvalue weighted by Crippen LogP contribution is -2.50. The minimum Gasteiger partial charge on any atom is -0.360 e. The number of thiophene rings is 1. The van der Waals surface area contributed by atoms with Crippen LogP contribution in [0.5, 0.6) is 0 Å². The van der Waals surface area contributed by atoms with Crippen LogP contribution in [0.3, 0.4) is 0 Å². The molecular weight excluding hydrogens is 404 g/mol. The van der Waals surface area contributed by atoms with E-state index in [1.54, 1.807) is 24.8 Å². The number of piperazine rings is 1. The lowest BCUT2D eigenvalue weighted by Gasteiger charge is -2.33. The number of hydrogen-bond donors (Lipinski definition) is 1. The first-order valence-electron chi connectivity index (χ1n) is 8.75. The van der Waals surface area contributed by atoms with Gasteiger partial charge in [-0.1, -0.05) is 5.16 Å². The van der Waals surface area contributed by atoms with Crippen LogP contribution in [-0.4, -0.2) is 60.8 Å². The van der Waals surface area contributed by atoms with E-state index in [9.17, 15) is 18.0 Å². The van der Waals surface area contributed by atoms with E-state index in [-0.39, 0.29) is 35.6 Å². The maximum absolute atomic E-state index is 12.9. The molecule has 28 heavy (non-hydrogen) atoms. The van der Waals surface area contributed by atoms with Crippen LogP contribution in [0.4, 0.5) is 0 Å². The number of amides is 2. The third-order valence-electron chi connectivity index (χ3n) is 4.48. The summed E-state index contributed by atoms with van der Waals surface area (Å²) in [4.78, 5) is 26.9. The molecule has 1 fully saturated rings. The highest BCUT2D eigenvalue weighted by Gasteiger charge is 2.34. The molecule has 0 radical (unpaired) electrons. The lowest BCUT2D eigenvalue weighted by atomic mass is 10.3. The Morgan fingerprint density at radius 3 is 2.46 bits per heavy atom. The summed E-state index contributed by atoms with van der Waals surface area (Å²) in [7, 11) is -3.70.